The van der Waals surface area contributed by atoms with Crippen molar-refractivity contribution >= 4 is 17.8 Å². The van der Waals surface area contributed by atoms with Crippen molar-refractivity contribution in [1.29, 1.82) is 0 Å². The Balaban J connectivity index is 1.76. The van der Waals surface area contributed by atoms with Crippen molar-refractivity contribution in [2.24, 2.45) is 13.0 Å². The Hall–Kier alpha value is -2.58. The Morgan fingerprint density at radius 2 is 2.08 bits per heavy atom. The van der Waals surface area contributed by atoms with E-state index in [4.69, 9.17) is 4.74 Å². The number of hydrazine groups is 1. The molecule has 1 aliphatic heterocycles. The van der Waals surface area contributed by atoms with Crippen LogP contribution in [0.25, 0.3) is 0 Å². The van der Waals surface area contributed by atoms with Crippen LogP contribution in [0.3, 0.4) is 0 Å². The number of nitrogens with zero attached hydrogens (tertiary/aromatic N) is 3. The van der Waals surface area contributed by atoms with E-state index in [0.29, 0.717) is 18.8 Å². The molecule has 0 aromatic carbocycles. The number of amides is 4. The summed E-state index contributed by atoms with van der Waals surface area (Å²) in [5.74, 6) is -0.368. The van der Waals surface area contributed by atoms with Gasteiger partial charge in [-0.05, 0) is 31.6 Å². The highest BCUT2D eigenvalue weighted by atomic mass is 16.5. The number of methoxy groups -OCH3 is 1. The number of hydrogen-bond donors (Lipinski definition) is 2. The Morgan fingerprint density at radius 1 is 1.42 bits per heavy atom. The highest BCUT2D eigenvalue weighted by Crippen LogP contribution is 2.35. The molecule has 1 saturated carbocycles. The van der Waals surface area contributed by atoms with Crippen LogP contribution < -0.4 is 15.5 Å². The summed E-state index contributed by atoms with van der Waals surface area (Å²) in [4.78, 5) is 37.3. The van der Waals surface area contributed by atoms with Gasteiger partial charge in [-0.15, -0.1) is 5.10 Å². The molecule has 2 fully saturated rings. The zero-order valence-corrected chi connectivity index (χ0v) is 14.0. The number of rotatable bonds is 3. The Bertz CT molecular complexity index is 690. The lowest BCUT2D eigenvalue weighted by Crippen LogP contribution is -2.51. The SMILES string of the molecule is COc1nn(C)cc1C(=O)NN1C(=O)NC2(CCC(C)CC2)C1=O. The number of aromatic nitrogens is 2. The zero-order chi connectivity index (χ0) is 17.5. The standard InChI is InChI=1S/C15H21N5O4/c1-9-4-6-15(7-5-9)13(22)20(14(23)16-15)17-11(21)10-8-19(2)18-12(10)24-3/h8-9H,4-7H2,1-3H3,(H,16,23)(H,17,21). The second-order valence-electron chi connectivity index (χ2n) is 6.50. The fraction of sp³-hybridized carbons (Fsp3) is 0.600. The van der Waals surface area contributed by atoms with Gasteiger partial charge in [0.2, 0.25) is 5.88 Å². The van der Waals surface area contributed by atoms with Gasteiger partial charge < -0.3 is 10.1 Å². The minimum absolute atomic E-state index is 0.128. The first-order chi connectivity index (χ1) is 11.4. The molecule has 1 aromatic heterocycles. The summed E-state index contributed by atoms with van der Waals surface area (Å²) in [5.41, 5.74) is 1.62. The zero-order valence-electron chi connectivity index (χ0n) is 14.0. The van der Waals surface area contributed by atoms with E-state index in [-0.39, 0.29) is 11.4 Å². The first kappa shape index (κ1) is 16.3. The van der Waals surface area contributed by atoms with Crippen LogP contribution in [-0.2, 0) is 11.8 Å². The van der Waals surface area contributed by atoms with Crippen molar-refractivity contribution in [3.63, 3.8) is 0 Å². The molecule has 0 atom stereocenters. The molecule has 0 bridgehead atoms. The summed E-state index contributed by atoms with van der Waals surface area (Å²) in [5, 5.41) is 7.50. The Labute approximate surface area is 139 Å². The molecule has 4 amide bonds. The number of aryl methyl sites for hydroxylation is 1. The Morgan fingerprint density at radius 3 is 2.71 bits per heavy atom. The number of nitrogens with one attached hydrogen (secondary N) is 2. The lowest BCUT2D eigenvalue weighted by atomic mass is 9.77. The predicted octanol–water partition coefficient (Wildman–Crippen LogP) is 0.574. The van der Waals surface area contributed by atoms with Crippen LogP contribution in [0.1, 0.15) is 43.0 Å². The molecule has 3 rings (SSSR count). The van der Waals surface area contributed by atoms with Crippen molar-refractivity contribution in [3.05, 3.63) is 11.8 Å². The summed E-state index contributed by atoms with van der Waals surface area (Å²) < 4.78 is 6.45. The van der Waals surface area contributed by atoms with Crippen LogP contribution in [0.2, 0.25) is 0 Å². The highest BCUT2D eigenvalue weighted by Gasteiger charge is 2.53. The second-order valence-corrected chi connectivity index (χ2v) is 6.50. The maximum absolute atomic E-state index is 12.7. The third-order valence-corrected chi connectivity index (χ3v) is 4.74. The molecule has 1 spiro atoms. The molecule has 0 unspecified atom stereocenters. The predicted molar refractivity (Wildman–Crippen MR) is 83.0 cm³/mol. The fourth-order valence-corrected chi connectivity index (χ4v) is 3.25. The Kier molecular flexibility index (Phi) is 3.94. The molecular formula is C15H21N5O4. The van der Waals surface area contributed by atoms with Gasteiger partial charge in [0.1, 0.15) is 11.1 Å². The minimum Gasteiger partial charge on any atom is -0.479 e. The maximum Gasteiger partial charge on any atom is 0.344 e. The molecule has 130 valence electrons. The van der Waals surface area contributed by atoms with Gasteiger partial charge in [-0.2, -0.15) is 5.01 Å². The average molecular weight is 335 g/mol. The number of carbonyl (C=O) groups excluding carboxylic acids is 3. The summed E-state index contributed by atoms with van der Waals surface area (Å²) in [6.07, 6.45) is 4.36. The summed E-state index contributed by atoms with van der Waals surface area (Å²) in [6, 6.07) is -0.606. The monoisotopic (exact) mass is 335 g/mol. The summed E-state index contributed by atoms with van der Waals surface area (Å²) in [7, 11) is 3.04. The van der Waals surface area contributed by atoms with Crippen LogP contribution in [0.4, 0.5) is 4.79 Å². The molecule has 1 aliphatic carbocycles. The quantitative estimate of drug-likeness (QED) is 0.786. The fourth-order valence-electron chi connectivity index (χ4n) is 3.25. The van der Waals surface area contributed by atoms with Crippen molar-refractivity contribution in [2.45, 2.75) is 38.1 Å². The van der Waals surface area contributed by atoms with Gasteiger partial charge >= 0.3 is 6.03 Å². The minimum atomic E-state index is -0.893. The molecular weight excluding hydrogens is 314 g/mol. The molecule has 24 heavy (non-hydrogen) atoms. The first-order valence-corrected chi connectivity index (χ1v) is 7.91. The topological polar surface area (TPSA) is 106 Å². The largest absolute Gasteiger partial charge is 0.479 e. The van der Waals surface area contributed by atoms with Crippen LogP contribution in [0.15, 0.2) is 6.20 Å². The van der Waals surface area contributed by atoms with E-state index < -0.39 is 23.4 Å². The maximum atomic E-state index is 12.7. The van der Waals surface area contributed by atoms with E-state index in [9.17, 15) is 14.4 Å². The van der Waals surface area contributed by atoms with Gasteiger partial charge in [0.25, 0.3) is 11.8 Å². The molecule has 1 aromatic rings. The first-order valence-electron chi connectivity index (χ1n) is 7.91. The number of hydrogen-bond acceptors (Lipinski definition) is 5. The molecule has 9 nitrogen and oxygen atoms in total. The van der Waals surface area contributed by atoms with Crippen molar-refractivity contribution < 1.29 is 19.1 Å². The van der Waals surface area contributed by atoms with Gasteiger partial charge in [0.15, 0.2) is 0 Å². The normalized spacial score (nSPS) is 26.6. The number of carbonyl (C=O) groups is 3. The van der Waals surface area contributed by atoms with Gasteiger partial charge in [0.05, 0.1) is 7.11 Å². The second kappa shape index (κ2) is 5.81. The van der Waals surface area contributed by atoms with Gasteiger partial charge in [0, 0.05) is 13.2 Å². The lowest BCUT2D eigenvalue weighted by Gasteiger charge is -2.33. The molecule has 9 heteroatoms. The highest BCUT2D eigenvalue weighted by molar-refractivity contribution is 6.09. The number of urea groups is 1. The summed E-state index contributed by atoms with van der Waals surface area (Å²) in [6.45, 7) is 2.13. The summed E-state index contributed by atoms with van der Waals surface area (Å²) >= 11 is 0. The molecule has 0 radical (unpaired) electrons. The van der Waals surface area contributed by atoms with E-state index in [1.165, 1.54) is 18.0 Å². The van der Waals surface area contributed by atoms with Crippen LogP contribution in [0, 0.1) is 5.92 Å². The third kappa shape index (κ3) is 2.59. The molecule has 2 heterocycles. The van der Waals surface area contributed by atoms with E-state index in [2.05, 4.69) is 22.8 Å². The van der Waals surface area contributed by atoms with E-state index in [1.54, 1.807) is 7.05 Å². The average Bonchev–Trinajstić information content (AvgIpc) is 3.04. The molecule has 2 aliphatic rings. The van der Waals surface area contributed by atoms with Crippen molar-refractivity contribution in [3.8, 4) is 5.88 Å². The van der Waals surface area contributed by atoms with E-state index >= 15 is 0 Å². The van der Waals surface area contributed by atoms with Crippen LogP contribution >= 0.6 is 0 Å². The van der Waals surface area contributed by atoms with Crippen molar-refractivity contribution in [2.75, 3.05) is 7.11 Å². The van der Waals surface area contributed by atoms with Crippen LogP contribution in [-0.4, -0.2) is 45.3 Å². The number of imide groups is 1. The van der Waals surface area contributed by atoms with Gasteiger partial charge in [-0.3, -0.25) is 19.7 Å². The smallest absolute Gasteiger partial charge is 0.344 e. The molecule has 1 saturated heterocycles. The lowest BCUT2D eigenvalue weighted by molar-refractivity contribution is -0.134. The molecule has 2 N–H and O–H groups in total. The van der Waals surface area contributed by atoms with Crippen molar-refractivity contribution in [1.82, 2.24) is 25.5 Å². The van der Waals surface area contributed by atoms with Gasteiger partial charge in [-0.25, -0.2) is 4.79 Å². The van der Waals surface area contributed by atoms with E-state index in [1.807, 2.05) is 0 Å². The van der Waals surface area contributed by atoms with Gasteiger partial charge in [-0.1, -0.05) is 6.92 Å². The van der Waals surface area contributed by atoms with E-state index in [0.717, 1.165) is 17.9 Å². The van der Waals surface area contributed by atoms with Crippen LogP contribution in [0.5, 0.6) is 5.88 Å². The number of ether oxygens (including phenoxy) is 1. The third-order valence-electron chi connectivity index (χ3n) is 4.74.